The normalized spacial score (nSPS) is 15.4. The van der Waals surface area contributed by atoms with Gasteiger partial charge in [0, 0.05) is 28.4 Å². The monoisotopic (exact) mass is 442 g/mol. The molecule has 0 radical (unpaired) electrons. The fraction of sp³-hybridized carbons (Fsp3) is 0.556. The minimum absolute atomic E-state index is 0.0295. The summed E-state index contributed by atoms with van der Waals surface area (Å²) in [6.07, 6.45) is 7.96. The number of hydrogen-bond donors (Lipinski definition) is 1. The third-order valence-electron chi connectivity index (χ3n) is 4.22. The molecular weight excluding hydrogens is 420 g/mol. The van der Waals surface area contributed by atoms with Gasteiger partial charge < -0.3 is 10.1 Å². The van der Waals surface area contributed by atoms with Crippen molar-refractivity contribution in [2.75, 3.05) is 13.2 Å². The van der Waals surface area contributed by atoms with Gasteiger partial charge in [-0.3, -0.25) is 4.79 Å². The molecular formula is C18H23BrN2O2S2. The quantitative estimate of drug-likeness (QED) is 0.582. The summed E-state index contributed by atoms with van der Waals surface area (Å²) in [6, 6.07) is 2.06. The van der Waals surface area contributed by atoms with Crippen molar-refractivity contribution in [2.45, 2.75) is 51.0 Å². The second-order valence-corrected chi connectivity index (χ2v) is 8.97. The van der Waals surface area contributed by atoms with Gasteiger partial charge in [-0.1, -0.05) is 19.3 Å². The first-order valence-corrected chi connectivity index (χ1v) is 11.3. The SMILES string of the molecule is O=C(Cc1csc(-c2cc(Br)cs2)n1)NCCCOC1CCCCC1. The standard InChI is InChI=1S/C18H23BrN2O2S2/c19-13-9-16(24-11-13)18-21-14(12-25-18)10-17(22)20-7-4-8-23-15-5-2-1-3-6-15/h9,11-12,15H,1-8,10H2,(H,20,22). The molecule has 0 bridgehead atoms. The Morgan fingerprint density at radius 3 is 2.88 bits per heavy atom. The molecule has 0 aromatic carbocycles. The molecule has 1 aliphatic rings. The first-order chi connectivity index (χ1) is 12.2. The highest BCUT2D eigenvalue weighted by Crippen LogP contribution is 2.32. The molecule has 1 aliphatic carbocycles. The first kappa shape index (κ1) is 19.0. The number of nitrogens with zero attached hydrogens (tertiary/aromatic N) is 1. The van der Waals surface area contributed by atoms with Crippen LogP contribution in [0.1, 0.15) is 44.2 Å². The fourth-order valence-electron chi connectivity index (χ4n) is 2.94. The Morgan fingerprint density at radius 1 is 1.28 bits per heavy atom. The maximum Gasteiger partial charge on any atom is 0.226 e. The average molecular weight is 443 g/mol. The number of thiazole rings is 1. The van der Waals surface area contributed by atoms with Crippen molar-refractivity contribution in [3.8, 4) is 9.88 Å². The van der Waals surface area contributed by atoms with E-state index in [2.05, 4.69) is 32.3 Å². The molecule has 0 atom stereocenters. The van der Waals surface area contributed by atoms with Crippen LogP contribution in [0.3, 0.4) is 0 Å². The van der Waals surface area contributed by atoms with E-state index in [0.717, 1.165) is 33.1 Å². The molecule has 136 valence electrons. The number of ether oxygens (including phenoxy) is 1. The molecule has 25 heavy (non-hydrogen) atoms. The Bertz CT molecular complexity index is 680. The molecule has 0 unspecified atom stereocenters. The predicted molar refractivity (Wildman–Crippen MR) is 107 cm³/mol. The molecule has 0 spiro atoms. The summed E-state index contributed by atoms with van der Waals surface area (Å²) >= 11 is 6.69. The van der Waals surface area contributed by atoms with Crippen molar-refractivity contribution in [3.05, 3.63) is 27.0 Å². The first-order valence-electron chi connectivity index (χ1n) is 8.78. The van der Waals surface area contributed by atoms with Gasteiger partial charge in [0.05, 0.1) is 23.1 Å². The average Bonchev–Trinajstić information content (AvgIpc) is 3.24. The summed E-state index contributed by atoms with van der Waals surface area (Å²) in [4.78, 5) is 17.7. The number of carbonyl (C=O) groups excluding carboxylic acids is 1. The molecule has 0 saturated heterocycles. The minimum Gasteiger partial charge on any atom is -0.378 e. The Kier molecular flexibility index (Phi) is 7.46. The van der Waals surface area contributed by atoms with Crippen LogP contribution in [0, 0.1) is 0 Å². The number of aromatic nitrogens is 1. The maximum atomic E-state index is 12.0. The van der Waals surface area contributed by atoms with E-state index in [1.165, 1.54) is 32.1 Å². The highest BCUT2D eigenvalue weighted by atomic mass is 79.9. The van der Waals surface area contributed by atoms with E-state index in [1.54, 1.807) is 22.7 Å². The van der Waals surface area contributed by atoms with Crippen LogP contribution in [-0.2, 0) is 16.0 Å². The van der Waals surface area contributed by atoms with Gasteiger partial charge in [0.15, 0.2) is 0 Å². The van der Waals surface area contributed by atoms with Gasteiger partial charge in [-0.25, -0.2) is 4.98 Å². The lowest BCUT2D eigenvalue weighted by Gasteiger charge is -2.21. The highest BCUT2D eigenvalue weighted by molar-refractivity contribution is 9.10. The zero-order valence-electron chi connectivity index (χ0n) is 14.1. The molecule has 2 aromatic heterocycles. The predicted octanol–water partition coefficient (Wildman–Crippen LogP) is 5.03. The topological polar surface area (TPSA) is 51.2 Å². The van der Waals surface area contributed by atoms with Crippen LogP contribution in [0.4, 0.5) is 0 Å². The lowest BCUT2D eigenvalue weighted by atomic mass is 9.98. The Labute approximate surface area is 165 Å². The van der Waals surface area contributed by atoms with E-state index in [1.807, 2.05) is 10.8 Å². The molecule has 4 nitrogen and oxygen atoms in total. The number of hydrogen-bond acceptors (Lipinski definition) is 5. The molecule has 3 rings (SSSR count). The molecule has 2 aromatic rings. The van der Waals surface area contributed by atoms with Crippen LogP contribution in [0.5, 0.6) is 0 Å². The van der Waals surface area contributed by atoms with Gasteiger partial charge in [0.2, 0.25) is 5.91 Å². The fourth-order valence-corrected chi connectivity index (χ4v) is 5.26. The summed E-state index contributed by atoms with van der Waals surface area (Å²) in [5, 5.41) is 7.94. The number of rotatable bonds is 8. The van der Waals surface area contributed by atoms with Crippen molar-refractivity contribution in [3.63, 3.8) is 0 Å². The lowest BCUT2D eigenvalue weighted by molar-refractivity contribution is -0.120. The van der Waals surface area contributed by atoms with Gasteiger partial charge in [0.1, 0.15) is 5.01 Å². The molecule has 0 aliphatic heterocycles. The summed E-state index contributed by atoms with van der Waals surface area (Å²) in [7, 11) is 0. The minimum atomic E-state index is 0.0295. The summed E-state index contributed by atoms with van der Waals surface area (Å²) in [6.45, 7) is 1.40. The van der Waals surface area contributed by atoms with Crippen molar-refractivity contribution in [1.82, 2.24) is 10.3 Å². The van der Waals surface area contributed by atoms with Gasteiger partial charge in [0.25, 0.3) is 0 Å². The van der Waals surface area contributed by atoms with Crippen molar-refractivity contribution in [2.24, 2.45) is 0 Å². The maximum absolute atomic E-state index is 12.0. The molecule has 1 saturated carbocycles. The van der Waals surface area contributed by atoms with Crippen molar-refractivity contribution >= 4 is 44.5 Å². The Balaban J connectivity index is 1.33. The summed E-state index contributed by atoms with van der Waals surface area (Å²) < 4.78 is 6.94. The van der Waals surface area contributed by atoms with E-state index in [9.17, 15) is 4.79 Å². The summed E-state index contributed by atoms with van der Waals surface area (Å²) in [5.41, 5.74) is 0.834. The summed E-state index contributed by atoms with van der Waals surface area (Å²) in [5.74, 6) is 0.0295. The van der Waals surface area contributed by atoms with Gasteiger partial charge in [-0.15, -0.1) is 22.7 Å². The number of carbonyl (C=O) groups is 1. The molecule has 2 heterocycles. The van der Waals surface area contributed by atoms with Crippen LogP contribution < -0.4 is 5.32 Å². The van der Waals surface area contributed by atoms with Crippen molar-refractivity contribution < 1.29 is 9.53 Å². The van der Waals surface area contributed by atoms with E-state index in [-0.39, 0.29) is 5.91 Å². The number of halogens is 1. The molecule has 1 fully saturated rings. The van der Waals surface area contributed by atoms with Crippen LogP contribution in [0.2, 0.25) is 0 Å². The largest absolute Gasteiger partial charge is 0.378 e. The number of nitrogens with one attached hydrogen (secondary N) is 1. The Hall–Kier alpha value is -0.760. The van der Waals surface area contributed by atoms with Crippen LogP contribution in [0.25, 0.3) is 9.88 Å². The van der Waals surface area contributed by atoms with Crippen LogP contribution in [-0.4, -0.2) is 30.1 Å². The third kappa shape index (κ3) is 6.16. The van der Waals surface area contributed by atoms with Gasteiger partial charge in [-0.2, -0.15) is 0 Å². The van der Waals surface area contributed by atoms with E-state index in [4.69, 9.17) is 4.74 Å². The van der Waals surface area contributed by atoms with E-state index < -0.39 is 0 Å². The van der Waals surface area contributed by atoms with Gasteiger partial charge in [-0.05, 0) is 41.3 Å². The number of amides is 1. The zero-order chi connectivity index (χ0) is 17.5. The molecule has 1 amide bonds. The lowest BCUT2D eigenvalue weighted by Crippen LogP contribution is -2.27. The highest BCUT2D eigenvalue weighted by Gasteiger charge is 2.13. The van der Waals surface area contributed by atoms with Crippen molar-refractivity contribution in [1.29, 1.82) is 0 Å². The second-order valence-electron chi connectivity index (χ2n) is 6.28. The third-order valence-corrected chi connectivity index (χ3v) is 6.97. The van der Waals surface area contributed by atoms with Crippen LogP contribution >= 0.6 is 38.6 Å². The molecule has 7 heteroatoms. The zero-order valence-corrected chi connectivity index (χ0v) is 17.4. The Morgan fingerprint density at radius 2 is 2.12 bits per heavy atom. The molecule has 1 N–H and O–H groups in total. The van der Waals surface area contributed by atoms with Gasteiger partial charge >= 0.3 is 0 Å². The van der Waals surface area contributed by atoms with E-state index in [0.29, 0.717) is 19.1 Å². The second kappa shape index (κ2) is 9.80. The van der Waals surface area contributed by atoms with E-state index >= 15 is 0 Å². The number of thiophene rings is 1. The van der Waals surface area contributed by atoms with Crippen LogP contribution in [0.15, 0.2) is 21.3 Å². The smallest absolute Gasteiger partial charge is 0.226 e.